The molecular weight excluding hydrogens is 625 g/mol. The van der Waals surface area contributed by atoms with Crippen molar-refractivity contribution in [2.45, 2.75) is 71.7 Å². The smallest absolute Gasteiger partial charge is 0.303 e. The molecule has 1 aromatic rings. The van der Waals surface area contributed by atoms with E-state index in [1.54, 1.807) is 0 Å². The Bertz CT molecular complexity index is 1280. The van der Waals surface area contributed by atoms with Crippen molar-refractivity contribution in [2.75, 3.05) is 19.0 Å². The molecule has 0 bridgehead atoms. The summed E-state index contributed by atoms with van der Waals surface area (Å²) >= 11 is 6.94. The van der Waals surface area contributed by atoms with E-state index in [1.165, 1.54) is 6.92 Å². The largest absolute Gasteiger partial charge is 0.463 e. The molecule has 2 fully saturated rings. The van der Waals surface area contributed by atoms with Crippen molar-refractivity contribution >= 4 is 70.2 Å². The molecule has 0 radical (unpaired) electrons. The number of carbonyl (C=O) groups excluding carboxylic acids is 5. The molecule has 1 amide bonds. The number of hydrazone groups is 1. The van der Waals surface area contributed by atoms with Crippen LogP contribution in [0.5, 0.6) is 0 Å². The van der Waals surface area contributed by atoms with Crippen LogP contribution in [0.2, 0.25) is 0 Å². The summed E-state index contributed by atoms with van der Waals surface area (Å²) in [5.74, 6) is -3.55. The highest BCUT2D eigenvalue weighted by Crippen LogP contribution is 2.42. The van der Waals surface area contributed by atoms with Gasteiger partial charge in [-0.3, -0.25) is 34.1 Å². The van der Waals surface area contributed by atoms with Gasteiger partial charge in [0.1, 0.15) is 12.7 Å². The predicted octanol–water partition coefficient (Wildman–Crippen LogP) is 1.57. The molecule has 1 N–H and O–H groups in total. The summed E-state index contributed by atoms with van der Waals surface area (Å²) in [5, 5.41) is 8.22. The van der Waals surface area contributed by atoms with Crippen molar-refractivity contribution in [1.29, 1.82) is 0 Å². The van der Waals surface area contributed by atoms with E-state index < -0.39 is 73.5 Å². The number of nitrogens with zero attached hydrogens (tertiary/aromatic N) is 2. The molecule has 0 saturated carbocycles. The summed E-state index contributed by atoms with van der Waals surface area (Å²) in [4.78, 5) is 62.5. The van der Waals surface area contributed by atoms with Crippen LogP contribution < -0.4 is 10.5 Å². The molecule has 0 spiro atoms. The molecule has 17 heteroatoms. The Kier molecular flexibility index (Phi) is 12.5. The van der Waals surface area contributed by atoms with Gasteiger partial charge in [-0.15, -0.1) is 5.10 Å². The normalized spacial score (nSPS) is 25.9. The van der Waals surface area contributed by atoms with Gasteiger partial charge in [0.15, 0.2) is 36.1 Å². The highest BCUT2D eigenvalue weighted by atomic mass is 32.4. The van der Waals surface area contributed by atoms with E-state index >= 15 is 0 Å². The second kappa shape index (κ2) is 15.6. The lowest BCUT2D eigenvalue weighted by Gasteiger charge is -2.46. The van der Waals surface area contributed by atoms with Crippen molar-refractivity contribution in [2.24, 2.45) is 5.10 Å². The van der Waals surface area contributed by atoms with E-state index in [-0.39, 0.29) is 10.9 Å². The lowest BCUT2D eigenvalue weighted by Crippen LogP contribution is -2.66. The maximum absolute atomic E-state index is 13.3. The van der Waals surface area contributed by atoms with Crippen molar-refractivity contribution in [3.63, 3.8) is 0 Å². The summed E-state index contributed by atoms with van der Waals surface area (Å²) in [6, 6.07) is 9.10. The standard InChI is InChI=1S/C26H34N3O11PS2/c1-6-12-36-41(42,19-10-8-7-9-11-19)28-27-26-29(21(34)14-43-26)25-24(39-18(5)33)23(38-17(4)32)22(37-16(3)31)20(40-25)13-35-15(2)30/h7-11,20,22-25H,6,12-14H2,1-5H3,(H,28,42)/b27-26-/t20-,22-,23+,24-,25-,41?/m1/s1. The van der Waals surface area contributed by atoms with Gasteiger partial charge in [-0.2, -0.15) is 0 Å². The molecule has 43 heavy (non-hydrogen) atoms. The summed E-state index contributed by atoms with van der Waals surface area (Å²) < 4.78 is 33.7. The van der Waals surface area contributed by atoms with Crippen LogP contribution >= 0.6 is 18.2 Å². The van der Waals surface area contributed by atoms with Gasteiger partial charge in [0.2, 0.25) is 5.91 Å². The minimum atomic E-state index is -2.92. The first-order chi connectivity index (χ1) is 20.4. The highest BCUT2D eigenvalue weighted by Gasteiger charge is 2.56. The Morgan fingerprint density at radius 1 is 1.00 bits per heavy atom. The van der Waals surface area contributed by atoms with Gasteiger partial charge in [0, 0.05) is 33.0 Å². The number of esters is 4. The molecule has 2 heterocycles. The minimum absolute atomic E-state index is 0.0581. The fourth-order valence-electron chi connectivity index (χ4n) is 4.24. The van der Waals surface area contributed by atoms with Crippen LogP contribution in [-0.4, -0.2) is 89.5 Å². The van der Waals surface area contributed by atoms with Crippen molar-refractivity contribution in [1.82, 2.24) is 10.1 Å². The van der Waals surface area contributed by atoms with Crippen LogP contribution in [0, 0.1) is 0 Å². The van der Waals surface area contributed by atoms with Crippen molar-refractivity contribution in [3.05, 3.63) is 30.3 Å². The molecule has 14 nitrogen and oxygen atoms in total. The number of hydrogen-bond acceptors (Lipinski definition) is 14. The third-order valence-electron chi connectivity index (χ3n) is 5.87. The lowest BCUT2D eigenvalue weighted by molar-refractivity contribution is -0.268. The SMILES string of the molecule is CCCOP(=S)(N/N=C1\SCC(=O)N1[C@@H]1O[C@H](COC(C)=O)[C@@H](OC(C)=O)[C@H](OC(C)=O)[C@H]1OC(C)=O)c1ccccc1. The van der Waals surface area contributed by atoms with Crippen LogP contribution in [0.3, 0.4) is 0 Å². The first kappa shape index (κ1) is 34.5. The van der Waals surface area contributed by atoms with Gasteiger partial charge in [0.05, 0.1) is 12.4 Å². The maximum Gasteiger partial charge on any atom is 0.303 e. The Labute approximate surface area is 258 Å². The van der Waals surface area contributed by atoms with Gasteiger partial charge in [0.25, 0.3) is 0 Å². The van der Waals surface area contributed by atoms with E-state index in [2.05, 4.69) is 10.3 Å². The number of benzene rings is 1. The van der Waals surface area contributed by atoms with E-state index in [4.69, 9.17) is 40.0 Å². The summed E-state index contributed by atoms with van der Waals surface area (Å²) in [6.45, 7) is 6.38. The first-order valence-electron chi connectivity index (χ1n) is 13.3. The van der Waals surface area contributed by atoms with Crippen LogP contribution in [0.15, 0.2) is 35.4 Å². The average Bonchev–Trinajstić information content (AvgIpc) is 3.31. The highest BCUT2D eigenvalue weighted by molar-refractivity contribution is 8.15. The van der Waals surface area contributed by atoms with Crippen LogP contribution in [-0.2, 0) is 64.0 Å². The zero-order chi connectivity index (χ0) is 31.7. The first-order valence-corrected chi connectivity index (χ1v) is 17.0. The zero-order valence-electron chi connectivity index (χ0n) is 24.3. The van der Waals surface area contributed by atoms with Crippen LogP contribution in [0.4, 0.5) is 0 Å². The third kappa shape index (κ3) is 9.22. The molecule has 6 atom stereocenters. The maximum atomic E-state index is 13.3. The van der Waals surface area contributed by atoms with Gasteiger partial charge < -0.3 is 28.2 Å². The molecule has 236 valence electrons. The molecular formula is C26H34N3O11PS2. The molecule has 3 rings (SSSR count). The Morgan fingerprint density at radius 2 is 1.60 bits per heavy atom. The molecule has 2 aliphatic rings. The van der Waals surface area contributed by atoms with E-state index in [1.807, 2.05) is 37.3 Å². The van der Waals surface area contributed by atoms with Gasteiger partial charge >= 0.3 is 23.9 Å². The number of amidine groups is 1. The topological polar surface area (TPSA) is 168 Å². The number of amides is 1. The lowest BCUT2D eigenvalue weighted by atomic mass is 9.96. The fraction of sp³-hybridized carbons (Fsp3) is 0.538. The van der Waals surface area contributed by atoms with Gasteiger partial charge in [-0.05, 0) is 30.4 Å². The Morgan fingerprint density at radius 3 is 2.19 bits per heavy atom. The number of rotatable bonds is 12. The predicted molar refractivity (Wildman–Crippen MR) is 158 cm³/mol. The van der Waals surface area contributed by atoms with Gasteiger partial charge in [-0.25, -0.2) is 0 Å². The second-order valence-corrected chi connectivity index (χ2v) is 13.9. The van der Waals surface area contributed by atoms with Crippen molar-refractivity contribution in [3.8, 4) is 0 Å². The van der Waals surface area contributed by atoms with E-state index in [9.17, 15) is 24.0 Å². The number of thioether (sulfide) groups is 1. The number of carbonyl (C=O) groups is 5. The third-order valence-corrected chi connectivity index (χ3v) is 9.89. The molecule has 0 aliphatic carbocycles. The number of nitrogens with one attached hydrogen (secondary N) is 1. The molecule has 2 saturated heterocycles. The molecule has 0 aromatic heterocycles. The summed E-state index contributed by atoms with van der Waals surface area (Å²) in [6.07, 6.45) is -9.17. The average molecular weight is 660 g/mol. The fourth-order valence-corrected chi connectivity index (χ4v) is 7.41. The van der Waals surface area contributed by atoms with Gasteiger partial charge in [-0.1, -0.05) is 36.9 Å². The Balaban J connectivity index is 2.06. The summed E-state index contributed by atoms with van der Waals surface area (Å²) in [7, 11) is 0. The van der Waals surface area contributed by atoms with Crippen LogP contribution in [0.1, 0.15) is 41.0 Å². The molecule has 2 aliphatic heterocycles. The quantitative estimate of drug-likeness (QED) is 0.149. The number of hydrogen-bond donors (Lipinski definition) is 1. The van der Waals surface area contributed by atoms with Crippen LogP contribution in [0.25, 0.3) is 0 Å². The van der Waals surface area contributed by atoms with E-state index in [0.29, 0.717) is 18.3 Å². The zero-order valence-corrected chi connectivity index (χ0v) is 26.8. The Hall–Kier alpha value is -3.04. The number of ether oxygens (including phenoxy) is 5. The summed E-state index contributed by atoms with van der Waals surface area (Å²) in [5.41, 5.74) is 0. The van der Waals surface area contributed by atoms with Crippen molar-refractivity contribution < 1.29 is 52.2 Å². The molecule has 1 aromatic carbocycles. The monoisotopic (exact) mass is 659 g/mol. The van der Waals surface area contributed by atoms with E-state index in [0.717, 1.165) is 37.4 Å². The minimum Gasteiger partial charge on any atom is -0.463 e. The molecule has 1 unspecified atom stereocenters. The second-order valence-electron chi connectivity index (χ2n) is 9.36.